The molecule has 3 rings (SSSR count). The van der Waals surface area contributed by atoms with Gasteiger partial charge in [0.1, 0.15) is 6.54 Å². The summed E-state index contributed by atoms with van der Waals surface area (Å²) in [7, 11) is 0. The third-order valence-electron chi connectivity index (χ3n) is 3.09. The molecule has 0 amide bonds. The molecule has 2 aliphatic rings. The summed E-state index contributed by atoms with van der Waals surface area (Å²) in [4.78, 5) is 14.6. The number of aliphatic carboxylic acids is 1. The standard InChI is InChI=1S/C12H11NO2S2/c14-10(15)7-13-8-3-1-2-4-9(8)17-12(5-6-12)11(13)16/h1-4H,5-7H2,(H,14,15). The van der Waals surface area contributed by atoms with E-state index in [4.69, 9.17) is 17.3 Å². The number of carboxylic acid groups (broad SMARTS) is 1. The van der Waals surface area contributed by atoms with Crippen LogP contribution < -0.4 is 4.90 Å². The maximum atomic E-state index is 10.9. The SMILES string of the molecule is O=C(O)CN1C(=S)C2(CC2)Sc2ccccc21. The smallest absolute Gasteiger partial charge is 0.323 e. The Morgan fingerprint density at radius 1 is 1.47 bits per heavy atom. The lowest BCUT2D eigenvalue weighted by Gasteiger charge is -2.35. The number of fused-ring (bicyclic) bond motifs is 1. The first-order chi connectivity index (χ1) is 8.12. The van der Waals surface area contributed by atoms with Crippen LogP contribution in [0, 0.1) is 0 Å². The predicted octanol–water partition coefficient (Wildman–Crippen LogP) is 2.54. The zero-order chi connectivity index (χ0) is 12.0. The minimum absolute atomic E-state index is 0.000856. The van der Waals surface area contributed by atoms with E-state index in [-0.39, 0.29) is 11.3 Å². The van der Waals surface area contributed by atoms with Gasteiger partial charge in [0.25, 0.3) is 0 Å². The molecule has 0 bridgehead atoms. The molecule has 88 valence electrons. The first kappa shape index (κ1) is 11.0. The number of para-hydroxylation sites is 1. The van der Waals surface area contributed by atoms with Gasteiger partial charge in [0, 0.05) is 4.90 Å². The molecule has 1 N–H and O–H groups in total. The van der Waals surface area contributed by atoms with E-state index in [1.165, 1.54) is 0 Å². The van der Waals surface area contributed by atoms with E-state index in [1.807, 2.05) is 24.3 Å². The van der Waals surface area contributed by atoms with E-state index < -0.39 is 5.97 Å². The van der Waals surface area contributed by atoms with Crippen molar-refractivity contribution in [2.24, 2.45) is 0 Å². The third kappa shape index (κ3) is 1.73. The van der Waals surface area contributed by atoms with Crippen LogP contribution in [-0.4, -0.2) is 27.4 Å². The molecule has 3 nitrogen and oxygen atoms in total. The Bertz CT molecular complexity index is 511. The van der Waals surface area contributed by atoms with Crippen LogP contribution in [0.4, 0.5) is 5.69 Å². The molecule has 0 unspecified atom stereocenters. The number of nitrogens with zero attached hydrogens (tertiary/aromatic N) is 1. The molecule has 1 aromatic rings. The monoisotopic (exact) mass is 265 g/mol. The van der Waals surface area contributed by atoms with Crippen molar-refractivity contribution in [3.63, 3.8) is 0 Å². The molecule has 0 atom stereocenters. The molecule has 1 aliphatic heterocycles. The van der Waals surface area contributed by atoms with Crippen LogP contribution in [0.2, 0.25) is 0 Å². The molecular formula is C12H11NO2S2. The van der Waals surface area contributed by atoms with Crippen molar-refractivity contribution >= 4 is 40.6 Å². The lowest BCUT2D eigenvalue weighted by molar-refractivity contribution is -0.135. The highest BCUT2D eigenvalue weighted by Gasteiger charge is 2.53. The van der Waals surface area contributed by atoms with E-state index in [2.05, 4.69) is 0 Å². The molecule has 0 radical (unpaired) electrons. The Balaban J connectivity index is 2.05. The predicted molar refractivity (Wildman–Crippen MR) is 71.8 cm³/mol. The molecule has 5 heteroatoms. The first-order valence-corrected chi connectivity index (χ1v) is 6.67. The summed E-state index contributed by atoms with van der Waals surface area (Å²) in [6, 6.07) is 7.88. The minimum Gasteiger partial charge on any atom is -0.480 e. The Morgan fingerprint density at radius 2 is 2.18 bits per heavy atom. The van der Waals surface area contributed by atoms with Crippen molar-refractivity contribution in [2.45, 2.75) is 22.5 Å². The van der Waals surface area contributed by atoms with Crippen LogP contribution in [0.5, 0.6) is 0 Å². The quantitative estimate of drug-likeness (QED) is 0.832. The number of hydrogen-bond donors (Lipinski definition) is 1. The van der Waals surface area contributed by atoms with Crippen molar-refractivity contribution in [1.82, 2.24) is 0 Å². The minimum atomic E-state index is -0.843. The van der Waals surface area contributed by atoms with Crippen LogP contribution in [0.1, 0.15) is 12.8 Å². The average molecular weight is 265 g/mol. The number of hydrogen-bond acceptors (Lipinski definition) is 3. The van der Waals surface area contributed by atoms with Crippen molar-refractivity contribution in [2.75, 3.05) is 11.4 Å². The van der Waals surface area contributed by atoms with Crippen LogP contribution in [0.15, 0.2) is 29.2 Å². The Labute approximate surface area is 109 Å². The average Bonchev–Trinajstić information content (AvgIpc) is 3.05. The van der Waals surface area contributed by atoms with Crippen molar-refractivity contribution in [1.29, 1.82) is 0 Å². The van der Waals surface area contributed by atoms with E-state index in [0.29, 0.717) is 0 Å². The molecule has 0 saturated heterocycles. The first-order valence-electron chi connectivity index (χ1n) is 5.44. The number of benzene rings is 1. The second-order valence-electron chi connectivity index (χ2n) is 4.35. The second kappa shape index (κ2) is 3.71. The normalized spacial score (nSPS) is 20.2. The van der Waals surface area contributed by atoms with Crippen LogP contribution in [0.25, 0.3) is 0 Å². The van der Waals surface area contributed by atoms with Gasteiger partial charge in [0.15, 0.2) is 0 Å². The lowest BCUT2D eigenvalue weighted by atomic mass is 10.2. The molecular weight excluding hydrogens is 254 g/mol. The maximum absolute atomic E-state index is 10.9. The number of thioether (sulfide) groups is 1. The summed E-state index contributed by atoms with van der Waals surface area (Å²) >= 11 is 7.25. The van der Waals surface area contributed by atoms with Gasteiger partial charge < -0.3 is 10.0 Å². The fourth-order valence-corrected chi connectivity index (χ4v) is 3.94. The van der Waals surface area contributed by atoms with Crippen molar-refractivity contribution in [3.8, 4) is 0 Å². The topological polar surface area (TPSA) is 40.5 Å². The van der Waals surface area contributed by atoms with E-state index >= 15 is 0 Å². The lowest BCUT2D eigenvalue weighted by Crippen LogP contribution is -2.43. The number of rotatable bonds is 2. The Morgan fingerprint density at radius 3 is 2.82 bits per heavy atom. The van der Waals surface area contributed by atoms with Gasteiger partial charge in [-0.2, -0.15) is 0 Å². The highest BCUT2D eigenvalue weighted by Crippen LogP contribution is 2.58. The van der Waals surface area contributed by atoms with Gasteiger partial charge in [-0.25, -0.2) is 0 Å². The molecule has 1 aliphatic carbocycles. The molecule has 1 heterocycles. The summed E-state index contributed by atoms with van der Waals surface area (Å²) in [6.07, 6.45) is 2.11. The molecule has 1 fully saturated rings. The summed E-state index contributed by atoms with van der Waals surface area (Å²) in [5.74, 6) is -0.843. The highest BCUT2D eigenvalue weighted by atomic mass is 32.2. The second-order valence-corrected chi connectivity index (χ2v) is 6.16. The highest BCUT2D eigenvalue weighted by molar-refractivity contribution is 8.03. The molecule has 1 saturated carbocycles. The van der Waals surface area contributed by atoms with Gasteiger partial charge >= 0.3 is 5.97 Å². The van der Waals surface area contributed by atoms with Crippen molar-refractivity contribution < 1.29 is 9.90 Å². The molecule has 1 spiro atoms. The van der Waals surface area contributed by atoms with Gasteiger partial charge in [-0.1, -0.05) is 24.4 Å². The zero-order valence-electron chi connectivity index (χ0n) is 9.05. The van der Waals surface area contributed by atoms with Gasteiger partial charge in [0.2, 0.25) is 0 Å². The van der Waals surface area contributed by atoms with E-state index in [1.54, 1.807) is 16.7 Å². The molecule has 1 aromatic carbocycles. The van der Waals surface area contributed by atoms with E-state index in [0.717, 1.165) is 28.4 Å². The number of thiocarbonyl (C=S) groups is 1. The van der Waals surface area contributed by atoms with Gasteiger partial charge in [0.05, 0.1) is 15.4 Å². The Hall–Kier alpha value is -1.07. The maximum Gasteiger partial charge on any atom is 0.323 e. The summed E-state index contributed by atoms with van der Waals surface area (Å²) < 4.78 is -0.000856. The fraction of sp³-hybridized carbons (Fsp3) is 0.333. The largest absolute Gasteiger partial charge is 0.480 e. The van der Waals surface area contributed by atoms with Crippen LogP contribution >= 0.6 is 24.0 Å². The Kier molecular flexibility index (Phi) is 2.41. The van der Waals surface area contributed by atoms with E-state index in [9.17, 15) is 4.79 Å². The number of carbonyl (C=O) groups is 1. The van der Waals surface area contributed by atoms with Crippen LogP contribution in [0.3, 0.4) is 0 Å². The zero-order valence-corrected chi connectivity index (χ0v) is 10.7. The number of carboxylic acids is 1. The number of anilines is 1. The van der Waals surface area contributed by atoms with Crippen LogP contribution in [-0.2, 0) is 4.79 Å². The summed E-state index contributed by atoms with van der Waals surface area (Å²) in [6.45, 7) is -0.0435. The van der Waals surface area contributed by atoms with Gasteiger partial charge in [-0.15, -0.1) is 11.8 Å². The third-order valence-corrected chi connectivity index (χ3v) is 5.39. The molecule has 0 aromatic heterocycles. The van der Waals surface area contributed by atoms with Crippen molar-refractivity contribution in [3.05, 3.63) is 24.3 Å². The summed E-state index contributed by atoms with van der Waals surface area (Å²) in [5.41, 5.74) is 0.933. The van der Waals surface area contributed by atoms with Gasteiger partial charge in [-0.3, -0.25) is 4.79 Å². The summed E-state index contributed by atoms with van der Waals surface area (Å²) in [5, 5.41) is 8.99. The molecule has 17 heavy (non-hydrogen) atoms. The van der Waals surface area contributed by atoms with Gasteiger partial charge in [-0.05, 0) is 25.0 Å². The fourth-order valence-electron chi connectivity index (χ4n) is 2.10.